The standard InChI is InChI=1S/C23H34N/c1-2-3-4-5-6-7-8-9-10-12-15-22-18-20-24(21-19-22)23-16-13-11-14-17-23/h11,13-14,16-21H,2-10,12,15H2,1H3/q+1. The molecule has 0 N–H and O–H groups in total. The van der Waals surface area contributed by atoms with E-state index >= 15 is 0 Å². The van der Waals surface area contributed by atoms with Crippen molar-refractivity contribution in [1.82, 2.24) is 0 Å². The van der Waals surface area contributed by atoms with E-state index in [1.807, 2.05) is 0 Å². The third-order valence-electron chi connectivity index (χ3n) is 4.77. The molecule has 0 amide bonds. The summed E-state index contributed by atoms with van der Waals surface area (Å²) in [6.07, 6.45) is 19.6. The molecular formula is C23H34N+. The van der Waals surface area contributed by atoms with Crippen molar-refractivity contribution in [3.05, 3.63) is 60.4 Å². The molecule has 0 radical (unpaired) electrons. The fourth-order valence-electron chi connectivity index (χ4n) is 3.21. The van der Waals surface area contributed by atoms with Gasteiger partial charge in [-0.25, -0.2) is 0 Å². The van der Waals surface area contributed by atoms with Crippen LogP contribution in [0.3, 0.4) is 0 Å². The Morgan fingerprint density at radius 2 is 1.17 bits per heavy atom. The zero-order chi connectivity index (χ0) is 16.9. The first-order valence-corrected chi connectivity index (χ1v) is 9.96. The number of pyridine rings is 1. The molecule has 24 heavy (non-hydrogen) atoms. The first-order chi connectivity index (χ1) is 11.9. The lowest BCUT2D eigenvalue weighted by Crippen LogP contribution is -2.29. The van der Waals surface area contributed by atoms with Crippen LogP contribution in [0.5, 0.6) is 0 Å². The second-order valence-corrected chi connectivity index (χ2v) is 6.88. The number of hydrogen-bond acceptors (Lipinski definition) is 0. The monoisotopic (exact) mass is 324 g/mol. The van der Waals surface area contributed by atoms with Gasteiger partial charge in [-0.05, 0) is 18.4 Å². The van der Waals surface area contributed by atoms with Crippen LogP contribution in [0, 0.1) is 0 Å². The van der Waals surface area contributed by atoms with Crippen LogP contribution < -0.4 is 4.57 Å². The van der Waals surface area contributed by atoms with Gasteiger partial charge in [0.05, 0.1) is 0 Å². The van der Waals surface area contributed by atoms with Crippen LogP contribution in [-0.4, -0.2) is 0 Å². The number of rotatable bonds is 12. The van der Waals surface area contributed by atoms with Crippen molar-refractivity contribution in [3.63, 3.8) is 0 Å². The molecule has 1 nitrogen and oxygen atoms in total. The van der Waals surface area contributed by atoms with E-state index in [0.717, 1.165) is 0 Å². The van der Waals surface area contributed by atoms with Crippen LogP contribution in [0.15, 0.2) is 54.9 Å². The predicted molar refractivity (Wildman–Crippen MR) is 104 cm³/mol. The van der Waals surface area contributed by atoms with Gasteiger partial charge in [0.2, 0.25) is 5.69 Å². The third-order valence-corrected chi connectivity index (χ3v) is 4.77. The summed E-state index contributed by atoms with van der Waals surface area (Å²) in [5, 5.41) is 0. The molecule has 130 valence electrons. The van der Waals surface area contributed by atoms with E-state index in [4.69, 9.17) is 0 Å². The molecule has 0 atom stereocenters. The number of hydrogen-bond donors (Lipinski definition) is 0. The highest BCUT2D eigenvalue weighted by Gasteiger charge is 2.04. The molecule has 1 heterocycles. The summed E-state index contributed by atoms with van der Waals surface area (Å²) in [5.74, 6) is 0. The Labute approximate surface area is 148 Å². The van der Waals surface area contributed by atoms with Gasteiger partial charge in [0.25, 0.3) is 0 Å². The molecule has 1 aromatic heterocycles. The quantitative estimate of drug-likeness (QED) is 0.313. The Morgan fingerprint density at radius 1 is 0.625 bits per heavy atom. The molecular weight excluding hydrogens is 290 g/mol. The highest BCUT2D eigenvalue weighted by molar-refractivity contribution is 5.21. The van der Waals surface area contributed by atoms with Crippen LogP contribution in [0.4, 0.5) is 0 Å². The third kappa shape index (κ3) is 7.29. The summed E-state index contributed by atoms with van der Waals surface area (Å²) >= 11 is 0. The van der Waals surface area contributed by atoms with Crippen LogP contribution in [-0.2, 0) is 6.42 Å². The predicted octanol–water partition coefficient (Wildman–Crippen LogP) is 6.43. The minimum atomic E-state index is 1.21. The van der Waals surface area contributed by atoms with E-state index in [1.54, 1.807) is 0 Å². The Hall–Kier alpha value is -1.63. The lowest BCUT2D eigenvalue weighted by molar-refractivity contribution is -0.595. The summed E-state index contributed by atoms with van der Waals surface area (Å²) < 4.78 is 2.18. The Balaban J connectivity index is 1.55. The topological polar surface area (TPSA) is 3.88 Å². The maximum Gasteiger partial charge on any atom is 0.210 e. The van der Waals surface area contributed by atoms with E-state index in [1.165, 1.54) is 81.9 Å². The van der Waals surface area contributed by atoms with Gasteiger partial charge in [-0.2, -0.15) is 4.57 Å². The van der Waals surface area contributed by atoms with Gasteiger partial charge in [-0.3, -0.25) is 0 Å². The van der Waals surface area contributed by atoms with Gasteiger partial charge in [0, 0.05) is 24.3 Å². The normalized spacial score (nSPS) is 10.9. The average Bonchev–Trinajstić information content (AvgIpc) is 2.64. The first-order valence-electron chi connectivity index (χ1n) is 9.96. The van der Waals surface area contributed by atoms with E-state index in [0.29, 0.717) is 0 Å². The molecule has 1 heteroatoms. The second-order valence-electron chi connectivity index (χ2n) is 6.88. The minimum Gasteiger partial charge on any atom is -0.167 e. The molecule has 0 aliphatic rings. The molecule has 0 bridgehead atoms. The Kier molecular flexibility index (Phi) is 9.23. The highest BCUT2D eigenvalue weighted by Crippen LogP contribution is 2.12. The molecule has 0 spiro atoms. The van der Waals surface area contributed by atoms with Crippen LogP contribution in [0.1, 0.15) is 76.7 Å². The second kappa shape index (κ2) is 11.8. The average molecular weight is 325 g/mol. The molecule has 0 saturated heterocycles. The minimum absolute atomic E-state index is 1.21. The molecule has 0 aliphatic heterocycles. The molecule has 0 aliphatic carbocycles. The molecule has 1 aromatic carbocycles. The van der Waals surface area contributed by atoms with Crippen LogP contribution in [0.25, 0.3) is 5.69 Å². The molecule has 2 aromatic rings. The van der Waals surface area contributed by atoms with Crippen molar-refractivity contribution in [3.8, 4) is 5.69 Å². The zero-order valence-corrected chi connectivity index (χ0v) is 15.4. The van der Waals surface area contributed by atoms with Crippen molar-refractivity contribution >= 4 is 0 Å². The lowest BCUT2D eigenvalue weighted by atomic mass is 10.0. The first kappa shape index (κ1) is 18.7. The number of aromatic nitrogens is 1. The van der Waals surface area contributed by atoms with Crippen molar-refractivity contribution in [2.24, 2.45) is 0 Å². The van der Waals surface area contributed by atoms with Crippen molar-refractivity contribution in [2.45, 2.75) is 77.6 Å². The van der Waals surface area contributed by atoms with Gasteiger partial charge < -0.3 is 0 Å². The maximum atomic E-state index is 2.29. The summed E-state index contributed by atoms with van der Waals surface area (Å²) in [7, 11) is 0. The van der Waals surface area contributed by atoms with Gasteiger partial charge >= 0.3 is 0 Å². The SMILES string of the molecule is CCCCCCCCCCCCc1cc[n+](-c2ccccc2)cc1. The van der Waals surface area contributed by atoms with Crippen molar-refractivity contribution in [2.75, 3.05) is 0 Å². The molecule has 0 fully saturated rings. The van der Waals surface area contributed by atoms with Gasteiger partial charge in [-0.1, -0.05) is 82.9 Å². The lowest BCUT2D eigenvalue weighted by Gasteiger charge is -2.03. The van der Waals surface area contributed by atoms with Gasteiger partial charge in [0.15, 0.2) is 12.4 Å². The largest absolute Gasteiger partial charge is 0.210 e. The number of unbranched alkanes of at least 4 members (excludes halogenated alkanes) is 9. The zero-order valence-electron chi connectivity index (χ0n) is 15.4. The summed E-state index contributed by atoms with van der Waals surface area (Å²) in [6.45, 7) is 2.29. The number of benzene rings is 1. The van der Waals surface area contributed by atoms with Crippen LogP contribution in [0.2, 0.25) is 0 Å². The van der Waals surface area contributed by atoms with E-state index in [2.05, 4.69) is 66.3 Å². The fourth-order valence-corrected chi connectivity index (χ4v) is 3.21. The summed E-state index contributed by atoms with van der Waals surface area (Å²) in [5.41, 5.74) is 2.68. The molecule has 0 unspecified atom stereocenters. The summed E-state index contributed by atoms with van der Waals surface area (Å²) in [6, 6.07) is 15.0. The Morgan fingerprint density at radius 3 is 1.75 bits per heavy atom. The Bertz CT molecular complexity index is 530. The van der Waals surface area contributed by atoms with E-state index in [-0.39, 0.29) is 0 Å². The number of para-hydroxylation sites is 1. The summed E-state index contributed by atoms with van der Waals surface area (Å²) in [4.78, 5) is 0. The molecule has 2 rings (SSSR count). The highest BCUT2D eigenvalue weighted by atomic mass is 14.9. The maximum absolute atomic E-state index is 2.29. The smallest absolute Gasteiger partial charge is 0.167 e. The van der Waals surface area contributed by atoms with Gasteiger partial charge in [-0.15, -0.1) is 0 Å². The van der Waals surface area contributed by atoms with Crippen LogP contribution >= 0.6 is 0 Å². The number of aryl methyl sites for hydroxylation is 1. The fraction of sp³-hybridized carbons (Fsp3) is 0.522. The molecule has 0 saturated carbocycles. The van der Waals surface area contributed by atoms with E-state index in [9.17, 15) is 0 Å². The van der Waals surface area contributed by atoms with Gasteiger partial charge in [0.1, 0.15) is 0 Å². The van der Waals surface area contributed by atoms with E-state index < -0.39 is 0 Å². The van der Waals surface area contributed by atoms with Crippen molar-refractivity contribution in [1.29, 1.82) is 0 Å². The number of nitrogens with zero attached hydrogens (tertiary/aromatic N) is 1. The van der Waals surface area contributed by atoms with Crippen molar-refractivity contribution < 1.29 is 4.57 Å².